The van der Waals surface area contributed by atoms with Crippen LogP contribution in [0.1, 0.15) is 30.9 Å². The molecule has 0 fully saturated rings. The second-order valence-corrected chi connectivity index (χ2v) is 4.36. The molecule has 96 valence electrons. The molecule has 0 aliphatic carbocycles. The number of benzene rings is 1. The fourth-order valence-corrected chi connectivity index (χ4v) is 1.51. The van der Waals surface area contributed by atoms with E-state index in [1.807, 2.05) is 6.92 Å². The van der Waals surface area contributed by atoms with Crippen molar-refractivity contribution in [3.05, 3.63) is 29.3 Å². The average molecular weight is 238 g/mol. The van der Waals surface area contributed by atoms with Crippen LogP contribution in [0.25, 0.3) is 0 Å². The fourth-order valence-electron chi connectivity index (χ4n) is 1.51. The molecule has 3 heteroatoms. The van der Waals surface area contributed by atoms with Gasteiger partial charge in [-0.05, 0) is 30.0 Å². The number of hydrogen-bond acceptors (Lipinski definition) is 3. The number of aryl methyl sites for hydroxylation is 1. The SMILES string of the molecule is Cc1ccc(C(C)C)cc1OCCOCCO. The van der Waals surface area contributed by atoms with Crippen molar-refractivity contribution in [1.82, 2.24) is 0 Å². The van der Waals surface area contributed by atoms with Crippen LogP contribution in [-0.2, 0) is 4.74 Å². The van der Waals surface area contributed by atoms with Crippen LogP contribution in [0.2, 0.25) is 0 Å². The molecule has 0 radical (unpaired) electrons. The van der Waals surface area contributed by atoms with E-state index in [0.29, 0.717) is 25.7 Å². The summed E-state index contributed by atoms with van der Waals surface area (Å²) in [5, 5.41) is 8.56. The lowest BCUT2D eigenvalue weighted by atomic mass is 10.0. The van der Waals surface area contributed by atoms with Crippen LogP contribution in [0.15, 0.2) is 18.2 Å². The summed E-state index contributed by atoms with van der Waals surface area (Å²) in [6, 6.07) is 6.31. The normalized spacial score (nSPS) is 10.9. The smallest absolute Gasteiger partial charge is 0.122 e. The van der Waals surface area contributed by atoms with Gasteiger partial charge in [-0.15, -0.1) is 0 Å². The fraction of sp³-hybridized carbons (Fsp3) is 0.571. The highest BCUT2D eigenvalue weighted by molar-refractivity contribution is 5.37. The standard InChI is InChI=1S/C14H22O3/c1-11(2)13-5-4-12(3)14(10-13)17-9-8-16-7-6-15/h4-5,10-11,15H,6-9H2,1-3H3. The van der Waals surface area contributed by atoms with Gasteiger partial charge in [0.2, 0.25) is 0 Å². The van der Waals surface area contributed by atoms with Crippen molar-refractivity contribution < 1.29 is 14.6 Å². The van der Waals surface area contributed by atoms with Gasteiger partial charge < -0.3 is 14.6 Å². The van der Waals surface area contributed by atoms with Gasteiger partial charge in [-0.25, -0.2) is 0 Å². The van der Waals surface area contributed by atoms with Gasteiger partial charge in [0.05, 0.1) is 19.8 Å². The third kappa shape index (κ3) is 4.75. The molecule has 0 aromatic heterocycles. The summed E-state index contributed by atoms with van der Waals surface area (Å²) in [5.74, 6) is 1.42. The van der Waals surface area contributed by atoms with Gasteiger partial charge in [-0.2, -0.15) is 0 Å². The maximum Gasteiger partial charge on any atom is 0.122 e. The van der Waals surface area contributed by atoms with E-state index < -0.39 is 0 Å². The summed E-state index contributed by atoms with van der Waals surface area (Å²) >= 11 is 0. The molecule has 0 bridgehead atoms. The van der Waals surface area contributed by atoms with Crippen molar-refractivity contribution in [2.24, 2.45) is 0 Å². The Morgan fingerprint density at radius 1 is 1.18 bits per heavy atom. The Morgan fingerprint density at radius 2 is 1.94 bits per heavy atom. The van der Waals surface area contributed by atoms with E-state index in [9.17, 15) is 0 Å². The largest absolute Gasteiger partial charge is 0.491 e. The van der Waals surface area contributed by atoms with Crippen molar-refractivity contribution >= 4 is 0 Å². The van der Waals surface area contributed by atoms with Gasteiger partial charge in [0.15, 0.2) is 0 Å². The monoisotopic (exact) mass is 238 g/mol. The molecule has 0 amide bonds. The van der Waals surface area contributed by atoms with Gasteiger partial charge in [0, 0.05) is 0 Å². The zero-order valence-electron chi connectivity index (χ0n) is 10.9. The van der Waals surface area contributed by atoms with E-state index in [-0.39, 0.29) is 6.61 Å². The molecular weight excluding hydrogens is 216 g/mol. The van der Waals surface area contributed by atoms with E-state index in [1.165, 1.54) is 5.56 Å². The van der Waals surface area contributed by atoms with E-state index >= 15 is 0 Å². The first-order valence-electron chi connectivity index (χ1n) is 6.07. The Balaban J connectivity index is 2.49. The Morgan fingerprint density at radius 3 is 2.59 bits per heavy atom. The lowest BCUT2D eigenvalue weighted by Gasteiger charge is -2.12. The van der Waals surface area contributed by atoms with Crippen molar-refractivity contribution in [2.45, 2.75) is 26.7 Å². The topological polar surface area (TPSA) is 38.7 Å². The van der Waals surface area contributed by atoms with Crippen LogP contribution in [0.5, 0.6) is 5.75 Å². The Kier molecular flexibility index (Phi) is 6.01. The van der Waals surface area contributed by atoms with Crippen molar-refractivity contribution in [3.8, 4) is 5.75 Å². The highest BCUT2D eigenvalue weighted by Gasteiger charge is 2.04. The van der Waals surface area contributed by atoms with E-state index in [1.54, 1.807) is 0 Å². The predicted molar refractivity (Wildman–Crippen MR) is 68.7 cm³/mol. The van der Waals surface area contributed by atoms with Crippen LogP contribution < -0.4 is 4.74 Å². The Labute approximate surface area is 103 Å². The molecule has 0 aliphatic rings. The first-order chi connectivity index (χ1) is 8.15. The number of rotatable bonds is 7. The molecule has 0 saturated heterocycles. The number of ether oxygens (including phenoxy) is 2. The minimum Gasteiger partial charge on any atom is -0.491 e. The Hall–Kier alpha value is -1.06. The molecule has 1 aromatic rings. The minimum atomic E-state index is 0.0574. The van der Waals surface area contributed by atoms with Crippen LogP contribution in [0, 0.1) is 6.92 Å². The molecule has 0 unspecified atom stereocenters. The van der Waals surface area contributed by atoms with Crippen LogP contribution in [0.4, 0.5) is 0 Å². The van der Waals surface area contributed by atoms with Gasteiger partial charge in [-0.1, -0.05) is 26.0 Å². The zero-order chi connectivity index (χ0) is 12.7. The molecule has 3 nitrogen and oxygen atoms in total. The van der Waals surface area contributed by atoms with Gasteiger partial charge in [0.1, 0.15) is 12.4 Å². The quantitative estimate of drug-likeness (QED) is 0.742. The highest BCUT2D eigenvalue weighted by atomic mass is 16.5. The second-order valence-electron chi connectivity index (χ2n) is 4.36. The summed E-state index contributed by atoms with van der Waals surface area (Å²) in [6.45, 7) is 7.82. The van der Waals surface area contributed by atoms with Crippen molar-refractivity contribution in [1.29, 1.82) is 0 Å². The summed E-state index contributed by atoms with van der Waals surface area (Å²) in [7, 11) is 0. The average Bonchev–Trinajstić information content (AvgIpc) is 2.30. The molecule has 0 saturated carbocycles. The summed E-state index contributed by atoms with van der Waals surface area (Å²) in [5.41, 5.74) is 2.42. The second kappa shape index (κ2) is 7.30. The lowest BCUT2D eigenvalue weighted by molar-refractivity contribution is 0.0703. The van der Waals surface area contributed by atoms with Gasteiger partial charge in [0.25, 0.3) is 0 Å². The molecule has 0 heterocycles. The number of aliphatic hydroxyl groups excluding tert-OH is 1. The van der Waals surface area contributed by atoms with Gasteiger partial charge in [-0.3, -0.25) is 0 Å². The van der Waals surface area contributed by atoms with Crippen molar-refractivity contribution in [3.63, 3.8) is 0 Å². The summed E-state index contributed by atoms with van der Waals surface area (Å²) in [6.07, 6.45) is 0. The van der Waals surface area contributed by atoms with E-state index in [2.05, 4.69) is 32.0 Å². The maximum absolute atomic E-state index is 8.56. The molecule has 17 heavy (non-hydrogen) atoms. The van der Waals surface area contributed by atoms with E-state index in [4.69, 9.17) is 14.6 Å². The van der Waals surface area contributed by atoms with Crippen LogP contribution >= 0.6 is 0 Å². The number of aliphatic hydroxyl groups is 1. The predicted octanol–water partition coefficient (Wildman–Crippen LogP) is 2.51. The molecule has 0 aliphatic heterocycles. The number of hydrogen-bond donors (Lipinski definition) is 1. The molecule has 0 atom stereocenters. The molecule has 0 spiro atoms. The van der Waals surface area contributed by atoms with Gasteiger partial charge >= 0.3 is 0 Å². The molecular formula is C14H22O3. The molecule has 1 rings (SSSR count). The summed E-state index contributed by atoms with van der Waals surface area (Å²) in [4.78, 5) is 0. The van der Waals surface area contributed by atoms with Crippen LogP contribution in [0.3, 0.4) is 0 Å². The minimum absolute atomic E-state index is 0.0574. The zero-order valence-corrected chi connectivity index (χ0v) is 10.9. The molecule has 1 N–H and O–H groups in total. The first-order valence-corrected chi connectivity index (χ1v) is 6.07. The van der Waals surface area contributed by atoms with Crippen molar-refractivity contribution in [2.75, 3.05) is 26.4 Å². The third-order valence-corrected chi connectivity index (χ3v) is 2.60. The lowest BCUT2D eigenvalue weighted by Crippen LogP contribution is -2.09. The van der Waals surface area contributed by atoms with E-state index in [0.717, 1.165) is 11.3 Å². The van der Waals surface area contributed by atoms with Crippen LogP contribution in [-0.4, -0.2) is 31.5 Å². The Bertz CT molecular complexity index is 334. The molecule has 1 aromatic carbocycles. The maximum atomic E-state index is 8.56. The third-order valence-electron chi connectivity index (χ3n) is 2.60. The summed E-state index contributed by atoms with van der Waals surface area (Å²) < 4.78 is 10.8. The first kappa shape index (κ1) is 14.0. The highest BCUT2D eigenvalue weighted by Crippen LogP contribution is 2.24.